The molecule has 0 aliphatic rings. The summed E-state index contributed by atoms with van der Waals surface area (Å²) in [4.78, 5) is 0. The Morgan fingerprint density at radius 2 is 0.900 bits per heavy atom. The summed E-state index contributed by atoms with van der Waals surface area (Å²) >= 11 is 6.69. The Balaban J connectivity index is -0.000000102. The van der Waals surface area contributed by atoms with Crippen molar-refractivity contribution >= 4 is 37.0 Å². The molecule has 0 N–H and O–H groups in total. The fraction of sp³-hybridized carbons (Fsp3) is 0.500. The van der Waals surface area contributed by atoms with Crippen molar-refractivity contribution in [2.75, 3.05) is 0 Å². The van der Waals surface area contributed by atoms with Crippen LogP contribution in [-0.4, -0.2) is 16.6 Å². The van der Waals surface area contributed by atoms with Crippen LogP contribution in [0.1, 0.15) is 0 Å². The van der Waals surface area contributed by atoms with Crippen molar-refractivity contribution < 1.29 is 38.0 Å². The molecule has 0 atom stereocenters. The van der Waals surface area contributed by atoms with Gasteiger partial charge in [-0.05, 0) is 66.0 Å². The van der Waals surface area contributed by atoms with E-state index >= 15 is 0 Å². The maximum absolute atomic E-state index is 5.27. The van der Waals surface area contributed by atoms with Gasteiger partial charge in [-0.15, -0.1) is 0 Å². The monoisotopic (exact) mass is 444 g/mol. The summed E-state index contributed by atoms with van der Waals surface area (Å²) in [5.41, 5.74) is 0. The van der Waals surface area contributed by atoms with E-state index in [0.717, 1.165) is 0 Å². The summed E-state index contributed by atoms with van der Waals surface area (Å²) < 4.78 is 10.5. The van der Waals surface area contributed by atoms with E-state index in [0.29, 0.717) is 0 Å². The minimum absolute atomic E-state index is 1.30. The summed E-state index contributed by atoms with van der Waals surface area (Å²) in [5, 5.41) is 0. The molecule has 2 nitrogen and oxygen atoms in total. The van der Waals surface area contributed by atoms with Crippen molar-refractivity contribution in [3.8, 4) is 0 Å². The second-order valence-electron chi connectivity index (χ2n) is 5.20. The van der Waals surface area contributed by atoms with Crippen molar-refractivity contribution in [1.82, 2.24) is 0 Å². The van der Waals surface area contributed by atoms with E-state index in [1.807, 2.05) is 0 Å². The molecule has 8 heteroatoms. The minimum atomic E-state index is -1.30. The Morgan fingerprint density at radius 1 is 0.700 bits per heavy atom. The molecule has 0 unspecified atom stereocenters. The first-order chi connectivity index (χ1) is 9.12. The topological polar surface area (TPSA) is 18.5 Å². The molecule has 0 aromatic rings. The van der Waals surface area contributed by atoms with E-state index in [1.54, 1.807) is 26.1 Å². The molecule has 0 amide bonds. The molecule has 0 saturated carbocycles. The third-order valence-electron chi connectivity index (χ3n) is 1.04. The van der Waals surface area contributed by atoms with E-state index in [4.69, 9.17) is 8.85 Å². The normalized spacial score (nSPS) is 10.3. The van der Waals surface area contributed by atoms with Crippen LogP contribution in [0.25, 0.3) is 0 Å². The van der Waals surface area contributed by atoms with Gasteiger partial charge in [0.05, 0.1) is 13.2 Å². The molecule has 0 bridgehead atoms. The van der Waals surface area contributed by atoms with Gasteiger partial charge in [0.2, 0.25) is 0 Å². The quantitative estimate of drug-likeness (QED) is 0.505. The molecule has 128 valence electrons. The van der Waals surface area contributed by atoms with E-state index in [1.165, 1.54) is 0 Å². The molecule has 0 aromatic carbocycles. The Kier molecular flexibility index (Phi) is 31.2. The molecule has 0 aliphatic heterocycles. The third-order valence-corrected chi connectivity index (χ3v) is 2.72. The van der Waals surface area contributed by atoms with Gasteiger partial charge in [0.15, 0.2) is 16.6 Å². The predicted octanol–water partition coefficient (Wildman–Crippen LogP) is 5.45. The number of hydrogen-bond donors (Lipinski definition) is 0. The van der Waals surface area contributed by atoms with Crippen LogP contribution in [0.2, 0.25) is 39.3 Å². The van der Waals surface area contributed by atoms with Crippen molar-refractivity contribution in [2.24, 2.45) is 0 Å². The summed E-state index contributed by atoms with van der Waals surface area (Å²) in [6.07, 6.45) is 3.33. The average molecular weight is 447 g/mol. The van der Waals surface area contributed by atoms with Crippen LogP contribution < -0.4 is 0 Å². The standard InChI is InChI=1S/2C6H13OSi.2ClH.2Ni/c2*1-5-6-7-8(2,3)4;;;;/h2*5-6H,1H2,2-4H3;2*1H;;/q;;;;2*+1/p-2. The Bertz CT molecular complexity index is 149. The van der Waals surface area contributed by atoms with E-state index in [9.17, 15) is 0 Å². The fourth-order valence-corrected chi connectivity index (χ4v) is 1.51. The van der Waals surface area contributed by atoms with E-state index < -0.39 is 16.6 Å². The van der Waals surface area contributed by atoms with Gasteiger partial charge in [-0.1, -0.05) is 0 Å². The van der Waals surface area contributed by atoms with Gasteiger partial charge in [-0.3, -0.25) is 0 Å². The predicted molar refractivity (Wildman–Crippen MR) is 88.5 cm³/mol. The third kappa shape index (κ3) is 50.2. The van der Waals surface area contributed by atoms with Gasteiger partial charge in [-0.25, -0.2) is 0 Å². The molecular weight excluding hydrogens is 421 g/mol. The molecule has 0 rings (SSSR count). The molecule has 0 fully saturated rings. The van der Waals surface area contributed by atoms with Crippen molar-refractivity contribution in [3.05, 3.63) is 39.9 Å². The van der Waals surface area contributed by atoms with Crippen LogP contribution >= 0.6 is 20.4 Å². The summed E-state index contributed by atoms with van der Waals surface area (Å²) in [5.74, 6) is 0. The van der Waals surface area contributed by atoms with Crippen LogP contribution in [0.4, 0.5) is 0 Å². The van der Waals surface area contributed by atoms with Crippen LogP contribution in [-0.2, 0) is 38.0 Å². The molecular formula is C12H26Cl2Ni2O2Si2. The average Bonchev–Trinajstić information content (AvgIpc) is 2.38. The van der Waals surface area contributed by atoms with Crippen molar-refractivity contribution in [2.45, 2.75) is 39.3 Å². The summed E-state index contributed by atoms with van der Waals surface area (Å²) in [6.45, 7) is 23.1. The first-order valence-corrected chi connectivity index (χ1v) is 15.1. The van der Waals surface area contributed by atoms with E-state index in [2.05, 4.69) is 103 Å². The molecule has 6 radical (unpaired) electrons. The summed E-state index contributed by atoms with van der Waals surface area (Å²) in [6, 6.07) is 0. The zero-order valence-electron chi connectivity index (χ0n) is 12.9. The fourth-order valence-electron chi connectivity index (χ4n) is 0.504. The van der Waals surface area contributed by atoms with Gasteiger partial charge in [0, 0.05) is 0 Å². The van der Waals surface area contributed by atoms with Crippen LogP contribution in [0, 0.1) is 39.9 Å². The van der Waals surface area contributed by atoms with Crippen LogP contribution in [0.3, 0.4) is 0 Å². The second-order valence-corrected chi connectivity index (χ2v) is 14.1. The number of rotatable bonds is 6. The van der Waals surface area contributed by atoms with Gasteiger partial charge in [0.25, 0.3) is 0 Å². The first-order valence-electron chi connectivity index (χ1n) is 5.60. The molecule has 0 aliphatic carbocycles. The molecule has 0 spiro atoms. The Morgan fingerprint density at radius 3 is 0.950 bits per heavy atom. The molecule has 0 heterocycles. The molecule has 0 saturated heterocycles. The zero-order valence-corrected chi connectivity index (χ0v) is 18.4. The zero-order chi connectivity index (χ0) is 17.2. The van der Waals surface area contributed by atoms with Crippen molar-refractivity contribution in [3.63, 3.8) is 0 Å². The van der Waals surface area contributed by atoms with Gasteiger partial charge in [0.1, 0.15) is 0 Å². The summed E-state index contributed by atoms with van der Waals surface area (Å²) in [7, 11) is 5.92. The molecule has 0 aromatic heterocycles. The van der Waals surface area contributed by atoms with Gasteiger partial charge < -0.3 is 8.85 Å². The van der Waals surface area contributed by atoms with E-state index in [-0.39, 0.29) is 0 Å². The first kappa shape index (κ1) is 29.9. The Labute approximate surface area is 153 Å². The van der Waals surface area contributed by atoms with Crippen LogP contribution in [0.5, 0.6) is 0 Å². The molecule has 20 heavy (non-hydrogen) atoms. The second kappa shape index (κ2) is 20.9. The SMILES string of the molecule is [CH2][CH][CH]O[Si](C)(C)C.[CH2][CH][CH]O[Si](C)(C)C.[Cl][Ni].[Cl][Ni]. The number of halogens is 2. The number of hydrogen-bond acceptors (Lipinski definition) is 2. The Hall–Kier alpha value is 1.92. The van der Waals surface area contributed by atoms with Gasteiger partial charge >= 0.3 is 49.5 Å². The van der Waals surface area contributed by atoms with Crippen LogP contribution in [0.15, 0.2) is 0 Å². The van der Waals surface area contributed by atoms with Crippen molar-refractivity contribution in [1.29, 1.82) is 0 Å². The van der Waals surface area contributed by atoms with Gasteiger partial charge in [-0.2, -0.15) is 0 Å². The maximum atomic E-state index is 5.27.